The van der Waals surface area contributed by atoms with Crippen molar-refractivity contribution in [2.24, 2.45) is 4.99 Å². The van der Waals surface area contributed by atoms with Crippen molar-refractivity contribution in [3.05, 3.63) is 93.7 Å². The number of benzene rings is 2. The summed E-state index contributed by atoms with van der Waals surface area (Å²) >= 11 is 0. The maximum atomic E-state index is 14.2. The summed E-state index contributed by atoms with van der Waals surface area (Å²) in [5, 5.41) is 0. The number of amides is 1. The second-order valence-corrected chi connectivity index (χ2v) is 10.00. The third kappa shape index (κ3) is 4.62. The molecule has 0 spiro atoms. The molecule has 190 valence electrons. The van der Waals surface area contributed by atoms with Crippen LogP contribution in [-0.2, 0) is 30.8 Å². The van der Waals surface area contributed by atoms with E-state index in [0.29, 0.717) is 44.0 Å². The number of carbonyl (C=O) groups excluding carboxylic acids is 1. The van der Waals surface area contributed by atoms with Gasteiger partial charge in [0.25, 0.3) is 0 Å². The molecule has 3 aromatic rings. The lowest BCUT2D eigenvalue weighted by Gasteiger charge is -2.41. The fourth-order valence-electron chi connectivity index (χ4n) is 5.73. The van der Waals surface area contributed by atoms with E-state index in [1.54, 1.807) is 13.3 Å². The number of carbonyl (C=O) groups is 1. The van der Waals surface area contributed by atoms with Gasteiger partial charge in [0.15, 0.2) is 0 Å². The van der Waals surface area contributed by atoms with Crippen LogP contribution < -0.4 is 4.74 Å². The fraction of sp³-hybridized carbons (Fsp3) is 0.345. The lowest BCUT2D eigenvalue weighted by molar-refractivity contribution is -0.135. The van der Waals surface area contributed by atoms with Crippen molar-refractivity contribution in [1.82, 2.24) is 14.8 Å². The average Bonchev–Trinajstić information content (AvgIpc) is 3.31. The molecule has 8 heteroatoms. The first-order valence-electron chi connectivity index (χ1n) is 12.6. The quantitative estimate of drug-likeness (QED) is 0.523. The first-order valence-corrected chi connectivity index (χ1v) is 12.6. The third-order valence-corrected chi connectivity index (χ3v) is 7.64. The number of likely N-dealkylation sites (tertiary alicyclic amines) is 1. The Morgan fingerprint density at radius 3 is 2.76 bits per heavy atom. The van der Waals surface area contributed by atoms with Gasteiger partial charge in [0.1, 0.15) is 11.6 Å². The Kier molecular flexibility index (Phi) is 6.20. The number of halogens is 2. The summed E-state index contributed by atoms with van der Waals surface area (Å²) in [6.45, 7) is 3.06. The zero-order valence-electron chi connectivity index (χ0n) is 20.7. The summed E-state index contributed by atoms with van der Waals surface area (Å²) in [4.78, 5) is 26.5. The Bertz CT molecular complexity index is 1390. The number of rotatable bonds is 5. The standard InChI is InChI=1S/C29H28F2N4O2/c1-37-27-7-5-18(13-32-27)29-25-10-22-16-35(28(36)11-20(22)9-21(25)14-33-29)24-3-2-8-34(17-24)15-19-4-6-23(30)12-26(19)31/h4-7,9-10,12-13,24H,2-3,8,11,14-17H2,1H3/t24-/m1/s1. The Morgan fingerprint density at radius 2 is 1.97 bits per heavy atom. The van der Waals surface area contributed by atoms with Crippen molar-refractivity contribution >= 4 is 11.6 Å². The number of aliphatic imine (C=N–C) groups is 1. The SMILES string of the molecule is COc1ccc(C2=NCc3cc4c(cc32)CN([C@@H]2CCCN(Cc3ccc(F)cc3F)C2)C(=O)C4)cn1. The van der Waals surface area contributed by atoms with Crippen LogP contribution in [0.5, 0.6) is 5.88 Å². The molecule has 1 atom stereocenters. The molecule has 1 amide bonds. The van der Waals surface area contributed by atoms with Gasteiger partial charge in [-0.05, 0) is 54.3 Å². The van der Waals surface area contributed by atoms with Gasteiger partial charge in [-0.2, -0.15) is 0 Å². The number of aromatic nitrogens is 1. The van der Waals surface area contributed by atoms with Crippen molar-refractivity contribution in [3.8, 4) is 5.88 Å². The zero-order valence-corrected chi connectivity index (χ0v) is 20.7. The minimum absolute atomic E-state index is 0.0603. The molecule has 3 aliphatic rings. The molecule has 1 aromatic heterocycles. The Morgan fingerprint density at radius 1 is 1.08 bits per heavy atom. The highest BCUT2D eigenvalue weighted by Crippen LogP contribution is 2.32. The van der Waals surface area contributed by atoms with Crippen LogP contribution >= 0.6 is 0 Å². The number of nitrogens with zero attached hydrogens (tertiary/aromatic N) is 4. The van der Waals surface area contributed by atoms with Crippen molar-refractivity contribution in [3.63, 3.8) is 0 Å². The van der Waals surface area contributed by atoms with Gasteiger partial charge in [0, 0.05) is 60.7 Å². The average molecular weight is 503 g/mol. The van der Waals surface area contributed by atoms with Crippen LogP contribution in [0, 0.1) is 11.6 Å². The Hall–Kier alpha value is -3.65. The van der Waals surface area contributed by atoms with Crippen molar-refractivity contribution in [2.45, 2.75) is 44.9 Å². The van der Waals surface area contributed by atoms with Crippen LogP contribution in [-0.4, -0.2) is 52.6 Å². The van der Waals surface area contributed by atoms with Gasteiger partial charge in [-0.15, -0.1) is 0 Å². The minimum Gasteiger partial charge on any atom is -0.481 e. The normalized spacial score (nSPS) is 19.4. The summed E-state index contributed by atoms with van der Waals surface area (Å²) in [5.74, 6) is -0.404. The van der Waals surface area contributed by atoms with E-state index >= 15 is 0 Å². The lowest BCUT2D eigenvalue weighted by atomic mass is 9.90. The molecule has 3 aliphatic heterocycles. The number of ether oxygens (including phenoxy) is 1. The Labute approximate surface area is 214 Å². The van der Waals surface area contributed by atoms with E-state index in [0.717, 1.165) is 59.0 Å². The molecule has 4 heterocycles. The van der Waals surface area contributed by atoms with Crippen molar-refractivity contribution < 1.29 is 18.3 Å². The number of fused-ring (bicyclic) bond motifs is 2. The van der Waals surface area contributed by atoms with E-state index < -0.39 is 11.6 Å². The highest BCUT2D eigenvalue weighted by molar-refractivity contribution is 6.15. The van der Waals surface area contributed by atoms with Gasteiger partial charge >= 0.3 is 0 Å². The highest BCUT2D eigenvalue weighted by atomic mass is 19.1. The fourth-order valence-corrected chi connectivity index (χ4v) is 5.73. The first-order chi connectivity index (χ1) is 18.0. The van der Waals surface area contributed by atoms with Crippen LogP contribution in [0.2, 0.25) is 0 Å². The number of hydrogen-bond donors (Lipinski definition) is 0. The third-order valence-electron chi connectivity index (χ3n) is 7.64. The second-order valence-electron chi connectivity index (χ2n) is 10.00. The zero-order chi connectivity index (χ0) is 25.5. The molecule has 0 aliphatic carbocycles. The van der Waals surface area contributed by atoms with E-state index in [1.807, 2.05) is 17.0 Å². The van der Waals surface area contributed by atoms with Crippen LogP contribution in [0.3, 0.4) is 0 Å². The molecule has 0 radical (unpaired) electrons. The molecule has 37 heavy (non-hydrogen) atoms. The summed E-state index contributed by atoms with van der Waals surface area (Å²) in [5.41, 5.74) is 6.79. The number of hydrogen-bond acceptors (Lipinski definition) is 5. The maximum Gasteiger partial charge on any atom is 0.227 e. The predicted octanol–water partition coefficient (Wildman–Crippen LogP) is 4.27. The molecule has 0 N–H and O–H groups in total. The van der Waals surface area contributed by atoms with Gasteiger partial charge in [0.2, 0.25) is 11.8 Å². The van der Waals surface area contributed by atoms with Gasteiger partial charge < -0.3 is 9.64 Å². The van der Waals surface area contributed by atoms with Crippen LogP contribution in [0.4, 0.5) is 8.78 Å². The Balaban J connectivity index is 1.20. The number of pyridine rings is 1. The van der Waals surface area contributed by atoms with Gasteiger partial charge in [-0.1, -0.05) is 12.1 Å². The van der Waals surface area contributed by atoms with Crippen molar-refractivity contribution in [2.75, 3.05) is 20.2 Å². The molecule has 2 aromatic carbocycles. The van der Waals surface area contributed by atoms with Crippen LogP contribution in [0.15, 0.2) is 53.7 Å². The van der Waals surface area contributed by atoms with Crippen molar-refractivity contribution in [1.29, 1.82) is 0 Å². The molecule has 1 fully saturated rings. The first kappa shape index (κ1) is 23.7. The molecular weight excluding hydrogens is 474 g/mol. The van der Waals surface area contributed by atoms with E-state index in [2.05, 4.69) is 22.0 Å². The summed E-state index contributed by atoms with van der Waals surface area (Å²) in [6.07, 6.45) is 4.00. The highest BCUT2D eigenvalue weighted by Gasteiger charge is 2.33. The van der Waals surface area contributed by atoms with E-state index in [-0.39, 0.29) is 11.9 Å². The van der Waals surface area contributed by atoms with Gasteiger partial charge in [0.05, 0.1) is 25.8 Å². The molecule has 0 unspecified atom stereocenters. The van der Waals surface area contributed by atoms with Crippen LogP contribution in [0.1, 0.15) is 46.2 Å². The predicted molar refractivity (Wildman–Crippen MR) is 135 cm³/mol. The summed E-state index contributed by atoms with van der Waals surface area (Å²) in [6, 6.07) is 11.9. The molecule has 1 saturated heterocycles. The summed E-state index contributed by atoms with van der Waals surface area (Å²) in [7, 11) is 1.59. The molecule has 6 nitrogen and oxygen atoms in total. The summed E-state index contributed by atoms with van der Waals surface area (Å²) < 4.78 is 32.7. The minimum atomic E-state index is -0.571. The van der Waals surface area contributed by atoms with E-state index in [9.17, 15) is 13.6 Å². The number of piperidine rings is 1. The number of methoxy groups -OCH3 is 1. The van der Waals surface area contributed by atoms with E-state index in [4.69, 9.17) is 9.73 Å². The van der Waals surface area contributed by atoms with Gasteiger partial charge in [-0.25, -0.2) is 13.8 Å². The topological polar surface area (TPSA) is 58.0 Å². The smallest absolute Gasteiger partial charge is 0.227 e. The largest absolute Gasteiger partial charge is 0.481 e. The second kappa shape index (κ2) is 9.67. The van der Waals surface area contributed by atoms with Gasteiger partial charge in [-0.3, -0.25) is 14.7 Å². The molecule has 0 bridgehead atoms. The van der Waals surface area contributed by atoms with Crippen LogP contribution in [0.25, 0.3) is 0 Å². The monoisotopic (exact) mass is 502 g/mol. The molecule has 0 saturated carbocycles. The molecular formula is C29H28F2N4O2. The molecule has 6 rings (SSSR count). The maximum absolute atomic E-state index is 14.2. The van der Waals surface area contributed by atoms with E-state index in [1.165, 1.54) is 12.1 Å². The lowest BCUT2D eigenvalue weighted by Crippen LogP contribution is -2.51.